The van der Waals surface area contributed by atoms with Crippen molar-refractivity contribution >= 4 is 39.6 Å². The normalized spacial score (nSPS) is 21.8. The minimum absolute atomic E-state index is 0.000784. The van der Waals surface area contributed by atoms with Gasteiger partial charge in [-0.15, -0.1) is 0 Å². The number of aromatic nitrogens is 4. The molecule has 2 aliphatic carbocycles. The van der Waals surface area contributed by atoms with Gasteiger partial charge in [-0.05, 0) is 92.3 Å². The van der Waals surface area contributed by atoms with Crippen LogP contribution >= 0.6 is 0 Å². The number of methoxy groups -OCH3 is 1. The molecule has 0 radical (unpaired) electrons. The summed E-state index contributed by atoms with van der Waals surface area (Å²) in [7, 11) is 3.67. The molecule has 2 bridgehead atoms. The standard InChI is InChI=1S/C38H41N7O3/c1-21(46)43-15-5-7-27-26(6-4-8-30(27)43)28-13-11-23-17-32(44(36(23)40-28)19-22-9-10-22)37-41-29-16-25(18-33(48-3)35(29)42(37)2)38(47)45-20-24-12-14-31(45)34(24)39/h4,6,8,11,13,16-18,22,24,31,34H,5,7,9-10,12,14-15,19-20,39H2,1-3H3/t24?,31?,34-/m1/s1. The lowest BCUT2D eigenvalue weighted by Gasteiger charge is -2.30. The van der Waals surface area contributed by atoms with E-state index in [1.165, 1.54) is 18.4 Å². The summed E-state index contributed by atoms with van der Waals surface area (Å²) in [6.07, 6.45) is 6.32. The molecule has 246 valence electrons. The SMILES string of the molecule is COc1cc(C(=O)N2CC3CCC2[C@@H]3N)cc2nc(-c3cc4ccc(-c5cccc6c5CCCN6C(C)=O)nc4n3CC3CC3)n(C)c12. The Balaban J connectivity index is 1.15. The second-order valence-electron chi connectivity index (χ2n) is 14.3. The van der Waals surface area contributed by atoms with Crippen molar-refractivity contribution in [3.63, 3.8) is 0 Å². The maximum Gasteiger partial charge on any atom is 0.254 e. The summed E-state index contributed by atoms with van der Waals surface area (Å²) in [5.41, 5.74) is 14.7. The number of nitrogens with zero attached hydrogens (tertiary/aromatic N) is 6. The lowest BCUT2D eigenvalue weighted by Crippen LogP contribution is -2.41. The van der Waals surface area contributed by atoms with E-state index in [4.69, 9.17) is 20.4 Å². The number of pyridine rings is 1. The Hall–Kier alpha value is -4.70. The zero-order valence-electron chi connectivity index (χ0n) is 27.8. The van der Waals surface area contributed by atoms with Crippen LogP contribution in [0.2, 0.25) is 0 Å². The molecular weight excluding hydrogens is 602 g/mol. The Labute approximate surface area is 279 Å². The zero-order chi connectivity index (χ0) is 32.8. The summed E-state index contributed by atoms with van der Waals surface area (Å²) < 4.78 is 10.3. The van der Waals surface area contributed by atoms with Gasteiger partial charge in [-0.3, -0.25) is 9.59 Å². The maximum atomic E-state index is 13.8. The van der Waals surface area contributed by atoms with Gasteiger partial charge in [0, 0.05) is 67.9 Å². The highest BCUT2D eigenvalue weighted by Crippen LogP contribution is 2.41. The number of carbonyl (C=O) groups is 2. The van der Waals surface area contributed by atoms with E-state index in [1.54, 1.807) is 14.0 Å². The Kier molecular flexibility index (Phi) is 6.70. The molecule has 0 spiro atoms. The first-order valence-corrected chi connectivity index (χ1v) is 17.3. The fourth-order valence-electron chi connectivity index (χ4n) is 8.66. The molecule has 5 aromatic rings. The molecule has 9 rings (SSSR count). The molecule has 3 aromatic heterocycles. The molecule has 2 saturated carbocycles. The van der Waals surface area contributed by atoms with Crippen molar-refractivity contribution in [1.82, 2.24) is 24.0 Å². The lowest BCUT2D eigenvalue weighted by atomic mass is 9.94. The van der Waals surface area contributed by atoms with Crippen LogP contribution in [0.1, 0.15) is 54.9 Å². The molecule has 3 fully saturated rings. The van der Waals surface area contributed by atoms with Gasteiger partial charge >= 0.3 is 0 Å². The summed E-state index contributed by atoms with van der Waals surface area (Å²) in [4.78, 5) is 40.5. The molecule has 2 unspecified atom stereocenters. The molecule has 2 amide bonds. The van der Waals surface area contributed by atoms with Crippen molar-refractivity contribution in [3.8, 4) is 28.5 Å². The first kappa shape index (κ1) is 29.4. The van der Waals surface area contributed by atoms with Crippen LogP contribution in [0.3, 0.4) is 0 Å². The van der Waals surface area contributed by atoms with E-state index in [9.17, 15) is 9.59 Å². The van der Waals surface area contributed by atoms with Crippen LogP contribution < -0.4 is 15.4 Å². The van der Waals surface area contributed by atoms with Gasteiger partial charge in [0.1, 0.15) is 16.9 Å². The van der Waals surface area contributed by atoms with Crippen molar-refractivity contribution < 1.29 is 14.3 Å². The highest BCUT2D eigenvalue weighted by atomic mass is 16.5. The average molecular weight is 644 g/mol. The molecule has 2 aliphatic heterocycles. The van der Waals surface area contributed by atoms with Crippen LogP contribution in [0.5, 0.6) is 5.75 Å². The Bertz CT molecular complexity index is 2140. The summed E-state index contributed by atoms with van der Waals surface area (Å²) >= 11 is 0. The number of benzene rings is 2. The molecule has 3 atom stereocenters. The number of piperidine rings is 1. The lowest BCUT2D eigenvalue weighted by molar-refractivity contribution is -0.116. The number of imidazole rings is 1. The van der Waals surface area contributed by atoms with Gasteiger partial charge in [0.05, 0.1) is 24.0 Å². The average Bonchev–Trinajstić information content (AvgIpc) is 3.50. The third-order valence-electron chi connectivity index (χ3n) is 11.3. The van der Waals surface area contributed by atoms with E-state index in [2.05, 4.69) is 39.5 Å². The van der Waals surface area contributed by atoms with Crippen molar-refractivity contribution in [2.75, 3.05) is 25.1 Å². The second-order valence-corrected chi connectivity index (χ2v) is 14.3. The molecule has 10 nitrogen and oxygen atoms in total. The van der Waals surface area contributed by atoms with Crippen LogP contribution in [0.15, 0.2) is 48.5 Å². The largest absolute Gasteiger partial charge is 0.494 e. The fraction of sp³-hybridized carbons (Fsp3) is 0.421. The fourth-order valence-corrected chi connectivity index (χ4v) is 8.66. The van der Waals surface area contributed by atoms with E-state index in [0.717, 1.165) is 95.8 Å². The van der Waals surface area contributed by atoms with E-state index in [1.807, 2.05) is 35.0 Å². The summed E-state index contributed by atoms with van der Waals surface area (Å²) in [5.74, 6) is 2.50. The molecular formula is C38H41N7O3. The van der Waals surface area contributed by atoms with Gasteiger partial charge in [-0.2, -0.15) is 0 Å². The zero-order valence-corrected chi connectivity index (χ0v) is 27.8. The number of fused-ring (bicyclic) bond motifs is 5. The molecule has 5 heterocycles. The number of aryl methyl sites for hydroxylation is 1. The Morgan fingerprint density at radius 2 is 1.90 bits per heavy atom. The Morgan fingerprint density at radius 3 is 2.62 bits per heavy atom. The predicted octanol–water partition coefficient (Wildman–Crippen LogP) is 5.54. The van der Waals surface area contributed by atoms with Crippen LogP contribution in [-0.2, 0) is 24.8 Å². The molecule has 2 N–H and O–H groups in total. The number of likely N-dealkylation sites (tertiary alicyclic amines) is 1. The third-order valence-corrected chi connectivity index (χ3v) is 11.3. The highest BCUT2D eigenvalue weighted by Gasteiger charge is 2.47. The minimum atomic E-state index is -0.000784. The number of hydrogen-bond acceptors (Lipinski definition) is 6. The number of nitrogens with two attached hydrogens (primary N) is 1. The van der Waals surface area contributed by atoms with Crippen LogP contribution in [0.4, 0.5) is 5.69 Å². The molecule has 1 saturated heterocycles. The van der Waals surface area contributed by atoms with E-state index < -0.39 is 0 Å². The quantitative estimate of drug-likeness (QED) is 0.260. The number of carbonyl (C=O) groups excluding carboxylic acids is 2. The van der Waals surface area contributed by atoms with Crippen molar-refractivity contribution in [2.45, 2.75) is 64.1 Å². The first-order valence-electron chi connectivity index (χ1n) is 17.3. The molecule has 48 heavy (non-hydrogen) atoms. The van der Waals surface area contributed by atoms with Gasteiger partial charge in [-0.1, -0.05) is 12.1 Å². The first-order chi connectivity index (χ1) is 23.3. The van der Waals surface area contributed by atoms with Crippen molar-refractivity contribution in [1.29, 1.82) is 0 Å². The minimum Gasteiger partial charge on any atom is -0.494 e. The summed E-state index contributed by atoms with van der Waals surface area (Å²) in [6, 6.07) is 16.6. The second kappa shape index (κ2) is 10.9. The molecule has 10 heteroatoms. The van der Waals surface area contributed by atoms with Crippen LogP contribution in [0, 0.1) is 11.8 Å². The molecule has 2 aromatic carbocycles. The van der Waals surface area contributed by atoms with Crippen LogP contribution in [-0.4, -0.2) is 68.1 Å². The number of rotatable bonds is 6. The number of hydrogen-bond donors (Lipinski definition) is 1. The number of ether oxygens (including phenoxy) is 1. The van der Waals surface area contributed by atoms with Gasteiger partial charge in [0.2, 0.25) is 5.91 Å². The van der Waals surface area contributed by atoms with Crippen LogP contribution in [0.25, 0.3) is 44.8 Å². The van der Waals surface area contributed by atoms with E-state index in [0.29, 0.717) is 23.1 Å². The highest BCUT2D eigenvalue weighted by molar-refractivity contribution is 6.01. The smallest absolute Gasteiger partial charge is 0.254 e. The predicted molar refractivity (Wildman–Crippen MR) is 186 cm³/mol. The number of anilines is 1. The van der Waals surface area contributed by atoms with Gasteiger partial charge in [0.25, 0.3) is 5.91 Å². The summed E-state index contributed by atoms with van der Waals surface area (Å²) in [6.45, 7) is 3.97. The number of amides is 2. The monoisotopic (exact) mass is 643 g/mol. The third kappa shape index (κ3) is 4.48. The van der Waals surface area contributed by atoms with Crippen molar-refractivity contribution in [3.05, 3.63) is 59.7 Å². The molecule has 4 aliphatic rings. The van der Waals surface area contributed by atoms with E-state index >= 15 is 0 Å². The van der Waals surface area contributed by atoms with Gasteiger partial charge < -0.3 is 29.4 Å². The Morgan fingerprint density at radius 1 is 1.04 bits per heavy atom. The van der Waals surface area contributed by atoms with Crippen molar-refractivity contribution in [2.24, 2.45) is 24.6 Å². The van der Waals surface area contributed by atoms with E-state index in [-0.39, 0.29) is 23.9 Å². The van der Waals surface area contributed by atoms with Gasteiger partial charge in [-0.25, -0.2) is 9.97 Å². The topological polar surface area (TPSA) is 112 Å². The summed E-state index contributed by atoms with van der Waals surface area (Å²) in [5, 5.41) is 1.06. The van der Waals surface area contributed by atoms with Gasteiger partial charge in [0.15, 0.2) is 5.82 Å². The maximum absolute atomic E-state index is 13.8.